The minimum absolute atomic E-state index is 0.163. The van der Waals surface area contributed by atoms with Crippen molar-refractivity contribution in [3.05, 3.63) is 12.4 Å². The molecule has 3 saturated heterocycles. The van der Waals surface area contributed by atoms with E-state index in [2.05, 4.69) is 32.1 Å². The van der Waals surface area contributed by atoms with Gasteiger partial charge in [0, 0.05) is 19.7 Å². The first-order valence-corrected chi connectivity index (χ1v) is 7.85. The normalized spacial score (nSPS) is 33.2. The average Bonchev–Trinajstić information content (AvgIpc) is 2.86. The highest BCUT2D eigenvalue weighted by Crippen LogP contribution is 2.41. The number of piperidine rings is 3. The van der Waals surface area contributed by atoms with Crippen LogP contribution in [-0.4, -0.2) is 71.6 Å². The Kier molecular flexibility index (Phi) is 3.18. The van der Waals surface area contributed by atoms with Gasteiger partial charge < -0.3 is 19.9 Å². The molecular formula is C15H22N6O. The Hall–Kier alpha value is -1.89. The van der Waals surface area contributed by atoms with Gasteiger partial charge in [-0.15, -0.1) is 0 Å². The Bertz CT molecular complexity index is 597. The van der Waals surface area contributed by atoms with E-state index in [1.54, 1.807) is 13.2 Å². The van der Waals surface area contributed by atoms with E-state index in [4.69, 9.17) is 9.73 Å². The zero-order chi connectivity index (χ0) is 15.2. The summed E-state index contributed by atoms with van der Waals surface area (Å²) in [7, 11) is 3.76. The van der Waals surface area contributed by atoms with Crippen LogP contribution in [0.2, 0.25) is 0 Å². The van der Waals surface area contributed by atoms with Crippen LogP contribution in [-0.2, 0) is 0 Å². The van der Waals surface area contributed by atoms with E-state index in [1.165, 1.54) is 32.3 Å². The van der Waals surface area contributed by atoms with Gasteiger partial charge in [-0.25, -0.2) is 9.97 Å². The number of anilines is 1. The van der Waals surface area contributed by atoms with E-state index in [1.807, 2.05) is 0 Å². The number of guanidine groups is 1. The molecule has 0 amide bonds. The van der Waals surface area contributed by atoms with Gasteiger partial charge in [0.1, 0.15) is 12.1 Å². The number of likely N-dealkylation sites (N-methyl/N-ethyl adjacent to an activating group) is 1. The number of hydrogen-bond acceptors (Lipinski definition) is 7. The molecule has 7 heteroatoms. The van der Waals surface area contributed by atoms with Crippen molar-refractivity contribution < 1.29 is 4.74 Å². The lowest BCUT2D eigenvalue weighted by Gasteiger charge is -2.54. The molecule has 0 aromatic carbocycles. The summed E-state index contributed by atoms with van der Waals surface area (Å²) in [6, 6.07) is 1.79. The molecular weight excluding hydrogens is 280 g/mol. The summed E-state index contributed by atoms with van der Waals surface area (Å²) >= 11 is 0. The third kappa shape index (κ3) is 2.03. The summed E-state index contributed by atoms with van der Waals surface area (Å²) in [5.41, 5.74) is 0.163. The fraction of sp³-hybridized carbons (Fsp3) is 0.667. The SMILES string of the molecule is COc1cc(NC2=NCC3(CN4CCC3CC4)N2C)ncn1. The van der Waals surface area contributed by atoms with Crippen LogP contribution in [0.15, 0.2) is 17.4 Å². The molecule has 1 N–H and O–H groups in total. The van der Waals surface area contributed by atoms with Crippen molar-refractivity contribution in [1.29, 1.82) is 0 Å². The molecule has 22 heavy (non-hydrogen) atoms. The summed E-state index contributed by atoms with van der Waals surface area (Å²) in [4.78, 5) is 17.9. The van der Waals surface area contributed by atoms with Crippen molar-refractivity contribution in [3.8, 4) is 5.88 Å². The zero-order valence-electron chi connectivity index (χ0n) is 13.1. The van der Waals surface area contributed by atoms with Crippen molar-refractivity contribution in [2.45, 2.75) is 18.4 Å². The van der Waals surface area contributed by atoms with E-state index < -0.39 is 0 Å². The van der Waals surface area contributed by atoms with Crippen LogP contribution >= 0.6 is 0 Å². The number of methoxy groups -OCH3 is 1. The van der Waals surface area contributed by atoms with Crippen LogP contribution in [0, 0.1) is 5.92 Å². The highest BCUT2D eigenvalue weighted by Gasteiger charge is 2.52. The van der Waals surface area contributed by atoms with Gasteiger partial charge in [-0.05, 0) is 31.8 Å². The highest BCUT2D eigenvalue weighted by molar-refractivity contribution is 5.94. The lowest BCUT2D eigenvalue weighted by Crippen LogP contribution is -2.66. The summed E-state index contributed by atoms with van der Waals surface area (Å²) in [5.74, 6) is 2.91. The van der Waals surface area contributed by atoms with Gasteiger partial charge in [0.2, 0.25) is 5.88 Å². The second-order valence-corrected chi connectivity index (χ2v) is 6.42. The first-order valence-electron chi connectivity index (χ1n) is 7.85. The molecule has 0 radical (unpaired) electrons. The van der Waals surface area contributed by atoms with Crippen molar-refractivity contribution in [2.24, 2.45) is 10.9 Å². The Balaban J connectivity index is 1.52. The van der Waals surface area contributed by atoms with Gasteiger partial charge in [0.05, 0.1) is 19.2 Å². The number of nitrogens with zero attached hydrogens (tertiary/aromatic N) is 5. The molecule has 1 atom stereocenters. The number of hydrogen-bond donors (Lipinski definition) is 1. The fourth-order valence-electron chi connectivity index (χ4n) is 4.10. The van der Waals surface area contributed by atoms with Crippen molar-refractivity contribution in [3.63, 3.8) is 0 Å². The molecule has 5 rings (SSSR count). The minimum atomic E-state index is 0.163. The quantitative estimate of drug-likeness (QED) is 0.866. The molecule has 1 spiro atoms. The third-order valence-electron chi connectivity index (χ3n) is 5.42. The molecule has 5 heterocycles. The van der Waals surface area contributed by atoms with Crippen LogP contribution in [0.5, 0.6) is 5.88 Å². The molecule has 1 unspecified atom stereocenters. The van der Waals surface area contributed by atoms with Crippen molar-refractivity contribution in [2.75, 3.05) is 45.7 Å². The maximum Gasteiger partial charge on any atom is 0.218 e. The van der Waals surface area contributed by atoms with Crippen LogP contribution in [0.25, 0.3) is 0 Å². The predicted molar refractivity (Wildman–Crippen MR) is 84.2 cm³/mol. The molecule has 0 saturated carbocycles. The fourth-order valence-corrected chi connectivity index (χ4v) is 4.10. The molecule has 4 aliphatic rings. The molecule has 3 fully saturated rings. The van der Waals surface area contributed by atoms with E-state index in [-0.39, 0.29) is 5.54 Å². The highest BCUT2D eigenvalue weighted by atomic mass is 16.5. The number of rotatable bonds is 2. The molecule has 2 bridgehead atoms. The van der Waals surface area contributed by atoms with E-state index in [0.29, 0.717) is 5.88 Å². The number of nitrogens with one attached hydrogen (secondary N) is 1. The van der Waals surface area contributed by atoms with Crippen LogP contribution < -0.4 is 10.1 Å². The van der Waals surface area contributed by atoms with Gasteiger partial charge in [-0.1, -0.05) is 0 Å². The largest absolute Gasteiger partial charge is 0.481 e. The average molecular weight is 302 g/mol. The lowest BCUT2D eigenvalue weighted by molar-refractivity contribution is -0.0199. The first kappa shape index (κ1) is 13.8. The second-order valence-electron chi connectivity index (χ2n) is 6.42. The Morgan fingerprint density at radius 1 is 1.32 bits per heavy atom. The molecule has 0 aliphatic carbocycles. The molecule has 7 nitrogen and oxygen atoms in total. The molecule has 4 aliphatic heterocycles. The predicted octanol–water partition coefficient (Wildman–Crippen LogP) is 0.663. The number of aromatic nitrogens is 2. The minimum Gasteiger partial charge on any atom is -0.481 e. The zero-order valence-corrected chi connectivity index (χ0v) is 13.1. The maximum atomic E-state index is 5.14. The Morgan fingerprint density at radius 3 is 2.82 bits per heavy atom. The van der Waals surface area contributed by atoms with E-state index >= 15 is 0 Å². The number of aliphatic imine (C=N–C) groups is 1. The van der Waals surface area contributed by atoms with Crippen LogP contribution in [0.3, 0.4) is 0 Å². The van der Waals surface area contributed by atoms with Gasteiger partial charge in [-0.3, -0.25) is 4.99 Å². The first-order chi connectivity index (χ1) is 10.7. The Labute approximate surface area is 130 Å². The van der Waals surface area contributed by atoms with Gasteiger partial charge in [0.25, 0.3) is 0 Å². The third-order valence-corrected chi connectivity index (χ3v) is 5.42. The molecule has 118 valence electrons. The number of fused-ring (bicyclic) bond motifs is 2. The monoisotopic (exact) mass is 302 g/mol. The van der Waals surface area contributed by atoms with Crippen LogP contribution in [0.4, 0.5) is 5.82 Å². The lowest BCUT2D eigenvalue weighted by atomic mass is 9.72. The van der Waals surface area contributed by atoms with Gasteiger partial charge in [-0.2, -0.15) is 0 Å². The van der Waals surface area contributed by atoms with E-state index in [0.717, 1.165) is 30.8 Å². The standard InChI is InChI=1S/C15H22N6O/c1-20-14(19-12-7-13(22-2)18-10-17-12)16-8-15(20)9-21-5-3-11(15)4-6-21/h7,10-11H,3-6,8-9H2,1-2H3,(H,16,17,18,19). The molecule has 1 aromatic heterocycles. The summed E-state index contributed by atoms with van der Waals surface area (Å²) in [6.45, 7) is 4.48. The summed E-state index contributed by atoms with van der Waals surface area (Å²) in [5, 5.41) is 3.32. The van der Waals surface area contributed by atoms with Gasteiger partial charge in [0.15, 0.2) is 5.96 Å². The summed E-state index contributed by atoms with van der Waals surface area (Å²) in [6.07, 6.45) is 4.07. The Morgan fingerprint density at radius 2 is 2.14 bits per heavy atom. The van der Waals surface area contributed by atoms with Crippen molar-refractivity contribution in [1.82, 2.24) is 19.8 Å². The smallest absolute Gasteiger partial charge is 0.218 e. The van der Waals surface area contributed by atoms with Crippen LogP contribution in [0.1, 0.15) is 12.8 Å². The second kappa shape index (κ2) is 5.08. The molecule has 1 aromatic rings. The van der Waals surface area contributed by atoms with E-state index in [9.17, 15) is 0 Å². The van der Waals surface area contributed by atoms with Crippen molar-refractivity contribution >= 4 is 11.8 Å². The number of ether oxygens (including phenoxy) is 1. The van der Waals surface area contributed by atoms with Gasteiger partial charge >= 0.3 is 0 Å². The summed E-state index contributed by atoms with van der Waals surface area (Å²) < 4.78 is 5.14. The maximum absolute atomic E-state index is 5.14. The topological polar surface area (TPSA) is 65.9 Å².